The second-order valence-corrected chi connectivity index (χ2v) is 5.72. The van der Waals surface area contributed by atoms with E-state index in [1.807, 2.05) is 32.9 Å². The number of aryl methyl sites for hydroxylation is 1. The van der Waals surface area contributed by atoms with Crippen LogP contribution in [0.3, 0.4) is 0 Å². The molecule has 0 fully saturated rings. The largest absolute Gasteiger partial charge is 0.487 e. The van der Waals surface area contributed by atoms with Gasteiger partial charge < -0.3 is 24.4 Å². The number of hydrogen-bond acceptors (Lipinski definition) is 7. The molecule has 0 radical (unpaired) electrons. The van der Waals surface area contributed by atoms with Crippen LogP contribution in [-0.2, 0) is 13.0 Å². The summed E-state index contributed by atoms with van der Waals surface area (Å²) in [7, 11) is 0. The Morgan fingerprint density at radius 2 is 1.88 bits per heavy atom. The highest BCUT2D eigenvalue weighted by Gasteiger charge is 2.11. The Bertz CT molecular complexity index is 621. The quantitative estimate of drug-likeness (QED) is 0.662. The number of hydrogen-bond donors (Lipinski definition) is 2. The van der Waals surface area contributed by atoms with E-state index in [9.17, 15) is 5.11 Å². The fourth-order valence-electron chi connectivity index (χ4n) is 1.94. The fourth-order valence-corrected chi connectivity index (χ4v) is 1.94. The number of aliphatic hydroxyl groups is 1. The van der Waals surface area contributed by atoms with Crippen LogP contribution >= 0.6 is 12.4 Å². The third kappa shape index (κ3) is 7.29. The molecule has 0 saturated carbocycles. The molecule has 2 rings (SSSR count). The lowest BCUT2D eigenvalue weighted by Crippen LogP contribution is -2.35. The van der Waals surface area contributed by atoms with Crippen molar-refractivity contribution in [3.05, 3.63) is 36.0 Å². The van der Waals surface area contributed by atoms with Gasteiger partial charge in [0.1, 0.15) is 12.7 Å². The van der Waals surface area contributed by atoms with Crippen molar-refractivity contribution in [1.82, 2.24) is 15.5 Å². The monoisotopic (exact) mass is 371 g/mol. The molecule has 1 unspecified atom stereocenters. The lowest BCUT2D eigenvalue weighted by molar-refractivity contribution is 0.101. The van der Waals surface area contributed by atoms with E-state index < -0.39 is 6.10 Å². The third-order valence-electron chi connectivity index (χ3n) is 3.22. The second kappa shape index (κ2) is 10.9. The van der Waals surface area contributed by atoms with Crippen LogP contribution in [0.5, 0.6) is 11.5 Å². The van der Waals surface area contributed by atoms with Crippen LogP contribution in [0.1, 0.15) is 32.5 Å². The van der Waals surface area contributed by atoms with E-state index in [1.165, 1.54) is 0 Å². The minimum absolute atomic E-state index is 0. The van der Waals surface area contributed by atoms with Gasteiger partial charge in [0.25, 0.3) is 5.89 Å². The molecule has 7 nitrogen and oxygen atoms in total. The predicted octanol–water partition coefficient (Wildman–Crippen LogP) is 2.37. The molecule has 2 aromatic rings. The van der Waals surface area contributed by atoms with Crippen LogP contribution < -0.4 is 14.8 Å². The maximum atomic E-state index is 9.93. The molecule has 0 bridgehead atoms. The van der Waals surface area contributed by atoms with Gasteiger partial charge in [-0.15, -0.1) is 12.4 Å². The summed E-state index contributed by atoms with van der Waals surface area (Å²) in [5.41, 5.74) is 0. The minimum atomic E-state index is -0.594. The molecule has 1 atom stereocenters. The molecule has 8 heteroatoms. The molecule has 0 aliphatic heterocycles. The van der Waals surface area contributed by atoms with Gasteiger partial charge in [-0.25, -0.2) is 0 Å². The van der Waals surface area contributed by atoms with Crippen molar-refractivity contribution in [1.29, 1.82) is 0 Å². The second-order valence-electron chi connectivity index (χ2n) is 5.72. The molecule has 0 saturated heterocycles. The number of aromatic nitrogens is 2. The summed E-state index contributed by atoms with van der Waals surface area (Å²) in [4.78, 5) is 4.20. The zero-order valence-electron chi connectivity index (χ0n) is 14.8. The summed E-state index contributed by atoms with van der Waals surface area (Å²) in [5, 5.41) is 16.9. The average molecular weight is 372 g/mol. The normalized spacial score (nSPS) is 11.9. The molecule has 1 aromatic heterocycles. The molecule has 140 valence electrons. The van der Waals surface area contributed by atoms with Gasteiger partial charge in [-0.1, -0.05) is 38.1 Å². The highest BCUT2D eigenvalue weighted by atomic mass is 35.5. The number of para-hydroxylation sites is 2. The summed E-state index contributed by atoms with van der Waals surface area (Å²) < 4.78 is 16.5. The van der Waals surface area contributed by atoms with Crippen LogP contribution in [0.15, 0.2) is 28.8 Å². The number of halogens is 1. The van der Waals surface area contributed by atoms with Crippen molar-refractivity contribution < 1.29 is 19.1 Å². The summed E-state index contributed by atoms with van der Waals surface area (Å²) in [6, 6.07) is 7.61. The van der Waals surface area contributed by atoms with Crippen molar-refractivity contribution in [3.8, 4) is 11.5 Å². The van der Waals surface area contributed by atoms with Gasteiger partial charge in [0.05, 0.1) is 0 Å². The van der Waals surface area contributed by atoms with E-state index in [1.54, 1.807) is 12.1 Å². The first-order valence-corrected chi connectivity index (χ1v) is 8.16. The summed E-state index contributed by atoms with van der Waals surface area (Å²) in [6.45, 7) is 6.84. The predicted molar refractivity (Wildman–Crippen MR) is 96.3 cm³/mol. The number of ether oxygens (including phenoxy) is 2. The van der Waals surface area contributed by atoms with E-state index >= 15 is 0 Å². The zero-order chi connectivity index (χ0) is 17.4. The van der Waals surface area contributed by atoms with Crippen molar-refractivity contribution in [2.45, 2.75) is 45.9 Å². The Morgan fingerprint density at radius 1 is 1.20 bits per heavy atom. The van der Waals surface area contributed by atoms with Crippen molar-refractivity contribution in [2.75, 3.05) is 13.2 Å². The van der Waals surface area contributed by atoms with E-state index in [-0.39, 0.29) is 25.6 Å². The Kier molecular flexibility index (Phi) is 9.26. The molecule has 25 heavy (non-hydrogen) atoms. The van der Waals surface area contributed by atoms with E-state index in [0.29, 0.717) is 42.2 Å². The Labute approximate surface area is 154 Å². The smallest absolute Gasteiger partial charge is 0.264 e. The topological polar surface area (TPSA) is 89.6 Å². The fraction of sp³-hybridized carbons (Fsp3) is 0.529. The van der Waals surface area contributed by atoms with Crippen LogP contribution in [0.25, 0.3) is 0 Å². The van der Waals surface area contributed by atoms with Gasteiger partial charge in [0.2, 0.25) is 0 Å². The third-order valence-corrected chi connectivity index (χ3v) is 3.22. The molecule has 1 aromatic carbocycles. The number of rotatable bonds is 10. The minimum Gasteiger partial charge on any atom is -0.487 e. The highest BCUT2D eigenvalue weighted by Crippen LogP contribution is 2.27. The van der Waals surface area contributed by atoms with E-state index in [0.717, 1.165) is 0 Å². The maximum absolute atomic E-state index is 9.93. The number of nitrogens with one attached hydrogen (secondary N) is 1. The van der Waals surface area contributed by atoms with Crippen LogP contribution in [0, 0.1) is 0 Å². The Balaban J connectivity index is 0.00000312. The van der Waals surface area contributed by atoms with Crippen molar-refractivity contribution >= 4 is 12.4 Å². The van der Waals surface area contributed by atoms with Gasteiger partial charge in [0.15, 0.2) is 23.9 Å². The molecule has 2 N–H and O–H groups in total. The number of aliphatic hydroxyl groups excluding tert-OH is 1. The van der Waals surface area contributed by atoms with Crippen LogP contribution in [0.4, 0.5) is 0 Å². The maximum Gasteiger partial charge on any atom is 0.264 e. The van der Waals surface area contributed by atoms with E-state index in [4.69, 9.17) is 14.0 Å². The first-order valence-electron chi connectivity index (χ1n) is 8.16. The Morgan fingerprint density at radius 3 is 2.48 bits per heavy atom. The van der Waals surface area contributed by atoms with Gasteiger partial charge >= 0.3 is 0 Å². The summed E-state index contributed by atoms with van der Waals surface area (Å²) in [5.74, 6) is 2.20. The lowest BCUT2D eigenvalue weighted by atomic mass is 10.3. The van der Waals surface area contributed by atoms with Gasteiger partial charge in [-0.3, -0.25) is 0 Å². The zero-order valence-corrected chi connectivity index (χ0v) is 15.6. The van der Waals surface area contributed by atoms with Gasteiger partial charge in [-0.2, -0.15) is 4.98 Å². The van der Waals surface area contributed by atoms with Crippen LogP contribution in [-0.4, -0.2) is 40.5 Å². The number of nitrogens with zero attached hydrogens (tertiary/aromatic N) is 2. The first-order chi connectivity index (χ1) is 11.6. The highest BCUT2D eigenvalue weighted by molar-refractivity contribution is 5.85. The SMILES string of the molecule is CCc1noc(COc2ccccc2OCC(O)CNC(C)C)n1.Cl. The molecular weight excluding hydrogens is 346 g/mol. The Hall–Kier alpha value is -1.83. The van der Waals surface area contributed by atoms with Crippen molar-refractivity contribution in [2.24, 2.45) is 0 Å². The summed E-state index contributed by atoms with van der Waals surface area (Å²) in [6.07, 6.45) is 0.120. The molecule has 0 spiro atoms. The molecule has 0 aliphatic carbocycles. The molecular formula is C17H26ClN3O4. The lowest BCUT2D eigenvalue weighted by Gasteiger charge is -2.16. The average Bonchev–Trinajstić information content (AvgIpc) is 3.05. The van der Waals surface area contributed by atoms with E-state index in [2.05, 4.69) is 15.5 Å². The molecule has 0 aliphatic rings. The van der Waals surface area contributed by atoms with Crippen LogP contribution in [0.2, 0.25) is 0 Å². The number of benzene rings is 1. The van der Waals surface area contributed by atoms with Gasteiger partial charge in [-0.05, 0) is 12.1 Å². The molecule has 1 heterocycles. The standard InChI is InChI=1S/C17H25N3O4.ClH/c1-4-16-19-17(24-20-16)11-23-15-8-6-5-7-14(15)22-10-13(21)9-18-12(2)3;/h5-8,12-13,18,21H,4,9-11H2,1-3H3;1H. The summed E-state index contributed by atoms with van der Waals surface area (Å²) >= 11 is 0. The van der Waals surface area contributed by atoms with Crippen molar-refractivity contribution in [3.63, 3.8) is 0 Å². The molecule has 0 amide bonds. The first kappa shape index (κ1) is 21.2. The van der Waals surface area contributed by atoms with Gasteiger partial charge in [0, 0.05) is 19.0 Å².